The van der Waals surface area contributed by atoms with E-state index in [1.165, 1.54) is 18.2 Å². The molecule has 0 heterocycles. The number of nitrogens with one attached hydrogen (secondary N) is 1. The Labute approximate surface area is 230 Å². The van der Waals surface area contributed by atoms with Crippen LogP contribution in [0.1, 0.15) is 39.9 Å². The van der Waals surface area contributed by atoms with Crippen molar-refractivity contribution >= 4 is 30.1 Å². The summed E-state index contributed by atoms with van der Waals surface area (Å²) >= 11 is 0. The topological polar surface area (TPSA) is 212 Å². The maximum Gasteiger partial charge on any atom is 0.511 e. The average molecular weight is 566 g/mol. The molecule has 4 N–H and O–H groups in total. The molecule has 3 aromatic rings. The molecule has 0 saturated carbocycles. The summed E-state index contributed by atoms with van der Waals surface area (Å²) in [6, 6.07) is 14.7. The second kappa shape index (κ2) is 11.6. The molecule has 212 valence electrons. The first-order chi connectivity index (χ1) is 19.5. The third kappa shape index (κ3) is 6.50. The van der Waals surface area contributed by atoms with Crippen LogP contribution in [0.5, 0.6) is 17.2 Å². The number of ether oxygens (including phenoxy) is 3. The van der Waals surface area contributed by atoms with Crippen LogP contribution in [0.4, 0.5) is 20.1 Å². The van der Waals surface area contributed by atoms with Crippen LogP contribution in [0.3, 0.4) is 0 Å². The Balaban J connectivity index is 1.83. The summed E-state index contributed by atoms with van der Waals surface area (Å²) in [5.74, 6) is -3.01. The fraction of sp³-hybridized carbons (Fsp3) is 0.185. The Morgan fingerprint density at radius 3 is 2.15 bits per heavy atom. The van der Waals surface area contributed by atoms with Gasteiger partial charge in [-0.2, -0.15) is 0 Å². The first-order valence-corrected chi connectivity index (χ1v) is 12.0. The Hall–Kier alpha value is -5.66. The van der Waals surface area contributed by atoms with Gasteiger partial charge in [0.25, 0.3) is 11.6 Å². The van der Waals surface area contributed by atoms with Crippen molar-refractivity contribution in [2.45, 2.75) is 31.2 Å². The first-order valence-electron chi connectivity index (χ1n) is 12.0. The number of nitro benzene ring substituents is 1. The third-order valence-electron chi connectivity index (χ3n) is 6.45. The Kier molecular flexibility index (Phi) is 8.03. The van der Waals surface area contributed by atoms with E-state index in [9.17, 15) is 34.4 Å². The van der Waals surface area contributed by atoms with Gasteiger partial charge in [-0.25, -0.2) is 14.4 Å². The molecule has 1 amide bonds. The number of hydrogen-bond donors (Lipinski definition) is 4. The number of carboxylic acid groups (broad SMARTS) is 3. The van der Waals surface area contributed by atoms with Crippen LogP contribution in [-0.4, -0.2) is 44.6 Å². The maximum absolute atomic E-state index is 13.8. The molecule has 14 nitrogen and oxygen atoms in total. The number of nitro groups is 1. The zero-order valence-electron chi connectivity index (χ0n) is 21.1. The molecule has 41 heavy (non-hydrogen) atoms. The van der Waals surface area contributed by atoms with Gasteiger partial charge in [0.15, 0.2) is 17.2 Å². The second-order valence-electron chi connectivity index (χ2n) is 9.05. The van der Waals surface area contributed by atoms with Gasteiger partial charge in [-0.3, -0.25) is 14.9 Å². The van der Waals surface area contributed by atoms with Crippen LogP contribution >= 0.6 is 0 Å². The molecule has 0 fully saturated rings. The van der Waals surface area contributed by atoms with Crippen molar-refractivity contribution in [2.75, 3.05) is 0 Å². The zero-order valence-corrected chi connectivity index (χ0v) is 21.1. The molecule has 0 radical (unpaired) electrons. The van der Waals surface area contributed by atoms with Gasteiger partial charge < -0.3 is 34.8 Å². The van der Waals surface area contributed by atoms with E-state index in [4.69, 9.17) is 14.9 Å². The molecule has 1 aliphatic carbocycles. The lowest BCUT2D eigenvalue weighted by Crippen LogP contribution is -2.49. The minimum Gasteiger partial charge on any atom is -0.449 e. The zero-order chi connectivity index (χ0) is 29.7. The summed E-state index contributed by atoms with van der Waals surface area (Å²) in [5.41, 5.74) is 0.424. The fourth-order valence-electron chi connectivity index (χ4n) is 4.94. The molecular formula is C27H22N2O12. The number of amides is 1. The normalized spacial score (nSPS) is 15.6. The molecule has 3 aromatic carbocycles. The molecule has 0 unspecified atom stereocenters. The molecule has 0 aliphatic heterocycles. The highest BCUT2D eigenvalue weighted by Gasteiger charge is 2.39. The molecule has 1 aliphatic rings. The van der Waals surface area contributed by atoms with Gasteiger partial charge in [0, 0.05) is 24.3 Å². The quantitative estimate of drug-likeness (QED) is 0.123. The summed E-state index contributed by atoms with van der Waals surface area (Å²) in [6.45, 7) is 0. The van der Waals surface area contributed by atoms with Gasteiger partial charge in [-0.15, -0.1) is 0 Å². The second-order valence-corrected chi connectivity index (χ2v) is 9.05. The van der Waals surface area contributed by atoms with Crippen molar-refractivity contribution in [3.63, 3.8) is 0 Å². The Morgan fingerprint density at radius 1 is 0.854 bits per heavy atom. The lowest BCUT2D eigenvalue weighted by Gasteiger charge is -2.40. The van der Waals surface area contributed by atoms with E-state index in [1.54, 1.807) is 12.1 Å². The van der Waals surface area contributed by atoms with Crippen molar-refractivity contribution in [2.24, 2.45) is 0 Å². The van der Waals surface area contributed by atoms with Gasteiger partial charge in [-0.1, -0.05) is 36.4 Å². The van der Waals surface area contributed by atoms with Crippen molar-refractivity contribution < 1.29 is 53.6 Å². The number of aryl methyl sites for hydroxylation is 1. The van der Waals surface area contributed by atoms with E-state index < -0.39 is 57.6 Å². The maximum atomic E-state index is 13.8. The fourth-order valence-corrected chi connectivity index (χ4v) is 4.94. The Morgan fingerprint density at radius 2 is 1.49 bits per heavy atom. The molecule has 0 spiro atoms. The van der Waals surface area contributed by atoms with Gasteiger partial charge in [0.1, 0.15) is 0 Å². The van der Waals surface area contributed by atoms with Gasteiger partial charge in [-0.05, 0) is 42.4 Å². The number of fused-ring (bicyclic) bond motifs is 1. The number of non-ortho nitro benzene ring substituents is 1. The van der Waals surface area contributed by atoms with E-state index in [1.807, 2.05) is 18.2 Å². The van der Waals surface area contributed by atoms with Crippen LogP contribution < -0.4 is 19.5 Å². The van der Waals surface area contributed by atoms with Crippen molar-refractivity contribution in [3.8, 4) is 17.2 Å². The summed E-state index contributed by atoms with van der Waals surface area (Å²) in [7, 11) is 0. The van der Waals surface area contributed by atoms with Crippen LogP contribution in [0, 0.1) is 10.1 Å². The molecule has 0 bridgehead atoms. The van der Waals surface area contributed by atoms with E-state index in [2.05, 4.69) is 14.8 Å². The third-order valence-corrected chi connectivity index (χ3v) is 6.45. The molecule has 0 saturated heterocycles. The van der Waals surface area contributed by atoms with Gasteiger partial charge >= 0.3 is 18.5 Å². The number of carbonyl (C=O) groups excluding carboxylic acids is 1. The van der Waals surface area contributed by atoms with Crippen LogP contribution in [0.2, 0.25) is 0 Å². The van der Waals surface area contributed by atoms with Crippen molar-refractivity contribution in [1.82, 2.24) is 5.32 Å². The van der Waals surface area contributed by atoms with E-state index in [0.717, 1.165) is 17.2 Å². The summed E-state index contributed by atoms with van der Waals surface area (Å²) in [4.78, 5) is 58.4. The molecule has 1 atom stereocenters. The van der Waals surface area contributed by atoms with Crippen LogP contribution in [0.25, 0.3) is 0 Å². The van der Waals surface area contributed by atoms with Gasteiger partial charge in [0.05, 0.1) is 16.0 Å². The van der Waals surface area contributed by atoms with E-state index in [-0.39, 0.29) is 12.1 Å². The SMILES string of the molecule is O=C(O)Oc1cc(OC(=O)O)c(C(=O)N[C@]2(Cc3cccc([N+](=O)[O-])c3)CCCc3ccccc32)cc1OC(=O)O. The van der Waals surface area contributed by atoms with E-state index in [0.29, 0.717) is 30.9 Å². The van der Waals surface area contributed by atoms with Crippen LogP contribution in [-0.2, 0) is 18.4 Å². The number of benzene rings is 3. The van der Waals surface area contributed by atoms with Gasteiger partial charge in [0.2, 0.25) is 0 Å². The number of hydrogen-bond acceptors (Lipinski definition) is 9. The summed E-state index contributed by atoms with van der Waals surface area (Å²) in [5, 5.41) is 41.7. The number of carbonyl (C=O) groups is 4. The predicted octanol–water partition coefficient (Wildman–Crippen LogP) is 4.97. The smallest absolute Gasteiger partial charge is 0.449 e. The van der Waals surface area contributed by atoms with Crippen LogP contribution in [0.15, 0.2) is 60.7 Å². The minimum absolute atomic E-state index is 0.116. The highest BCUT2D eigenvalue weighted by molar-refractivity contribution is 5.99. The van der Waals surface area contributed by atoms with Crippen molar-refractivity contribution in [3.05, 3.63) is 93.0 Å². The van der Waals surface area contributed by atoms with E-state index >= 15 is 0 Å². The molecule has 0 aromatic heterocycles. The minimum atomic E-state index is -1.87. The van der Waals surface area contributed by atoms with Crippen molar-refractivity contribution in [1.29, 1.82) is 0 Å². The number of rotatable bonds is 8. The molecule has 14 heteroatoms. The monoisotopic (exact) mass is 566 g/mol. The molecular weight excluding hydrogens is 544 g/mol. The lowest BCUT2D eigenvalue weighted by atomic mass is 9.73. The standard InChI is InChI=1S/C27H22N2O12/c30-23(18-12-21(40-25(33)34)22(41-26(35)36)13-20(18)39-24(31)32)28-27(10-4-7-16-6-1-2-9-19(16)27)14-15-5-3-8-17(11-15)29(37)38/h1-3,5-6,8-9,11-13H,4,7,10,14H2,(H,28,30)(H,31,32)(H,33,34)(H,35,36)/t27-/m0/s1. The predicted molar refractivity (Wildman–Crippen MR) is 138 cm³/mol. The average Bonchev–Trinajstić information content (AvgIpc) is 2.89. The summed E-state index contributed by atoms with van der Waals surface area (Å²) < 4.78 is 13.8. The number of nitrogens with zero attached hydrogens (tertiary/aromatic N) is 1. The molecule has 4 rings (SSSR count). The largest absolute Gasteiger partial charge is 0.511 e. The first kappa shape index (κ1) is 28.4. The highest BCUT2D eigenvalue weighted by atomic mass is 16.7. The highest BCUT2D eigenvalue weighted by Crippen LogP contribution is 2.40. The lowest BCUT2D eigenvalue weighted by molar-refractivity contribution is -0.384. The Bertz CT molecular complexity index is 1550. The summed E-state index contributed by atoms with van der Waals surface area (Å²) in [6.07, 6.45) is -3.73.